The summed E-state index contributed by atoms with van der Waals surface area (Å²) in [5, 5.41) is -0.394. The lowest BCUT2D eigenvalue weighted by Crippen LogP contribution is -2.14. The van der Waals surface area contributed by atoms with Crippen LogP contribution in [0.5, 0.6) is 0 Å². The van der Waals surface area contributed by atoms with Crippen molar-refractivity contribution in [1.29, 1.82) is 0 Å². The molecule has 2 rings (SSSR count). The number of thiocarbonyl (C=S) groups is 1. The topological polar surface area (TPSA) is 26.3 Å². The molecule has 0 spiro atoms. The van der Waals surface area contributed by atoms with E-state index in [1.807, 2.05) is 74.5 Å². The molecular formula is C18H18O2S2. The average Bonchev–Trinajstić information content (AvgIpc) is 2.53. The van der Waals surface area contributed by atoms with Crippen LogP contribution < -0.4 is 0 Å². The molecule has 2 nitrogen and oxygen atoms in total. The molecule has 0 N–H and O–H groups in total. The molecule has 4 heteroatoms. The highest BCUT2D eigenvalue weighted by molar-refractivity contribution is 8.23. The zero-order valence-corrected chi connectivity index (χ0v) is 14.2. The minimum atomic E-state index is -0.394. The summed E-state index contributed by atoms with van der Waals surface area (Å²) in [6, 6.07) is 18.9. The number of hydrogen-bond acceptors (Lipinski definition) is 4. The molecule has 0 aromatic heterocycles. The molecule has 0 fully saturated rings. The average molecular weight is 330 g/mol. The molecule has 0 radical (unpaired) electrons. The van der Waals surface area contributed by atoms with Crippen LogP contribution in [0.2, 0.25) is 0 Å². The van der Waals surface area contributed by atoms with Crippen LogP contribution in [0.3, 0.4) is 0 Å². The first-order valence-corrected chi connectivity index (χ1v) is 8.38. The van der Waals surface area contributed by atoms with E-state index >= 15 is 0 Å². The monoisotopic (exact) mass is 330 g/mol. The Morgan fingerprint density at radius 1 is 1.00 bits per heavy atom. The SMILES string of the molecule is CC(C)OC(=S)SC(C(=O)c1ccccc1)c1ccccc1. The smallest absolute Gasteiger partial charge is 0.221 e. The largest absolute Gasteiger partial charge is 0.476 e. The summed E-state index contributed by atoms with van der Waals surface area (Å²) >= 11 is 6.55. The minimum absolute atomic E-state index is 0.00301. The van der Waals surface area contributed by atoms with Gasteiger partial charge in [0.25, 0.3) is 0 Å². The molecule has 2 aromatic carbocycles. The number of thioether (sulfide) groups is 1. The molecule has 22 heavy (non-hydrogen) atoms. The van der Waals surface area contributed by atoms with Gasteiger partial charge in [-0.3, -0.25) is 4.79 Å². The van der Waals surface area contributed by atoms with E-state index in [-0.39, 0.29) is 11.9 Å². The molecule has 0 aliphatic heterocycles. The van der Waals surface area contributed by atoms with Crippen molar-refractivity contribution in [3.8, 4) is 0 Å². The van der Waals surface area contributed by atoms with Crippen molar-refractivity contribution in [3.05, 3.63) is 71.8 Å². The first-order valence-electron chi connectivity index (χ1n) is 7.09. The molecule has 1 unspecified atom stereocenters. The third-order valence-electron chi connectivity index (χ3n) is 2.94. The van der Waals surface area contributed by atoms with Crippen LogP contribution in [0.15, 0.2) is 60.7 Å². The second-order valence-corrected chi connectivity index (χ2v) is 6.76. The first-order chi connectivity index (χ1) is 10.6. The van der Waals surface area contributed by atoms with E-state index in [0.717, 1.165) is 5.56 Å². The second-order valence-electron chi connectivity index (χ2n) is 5.06. The molecule has 0 amide bonds. The molecule has 114 valence electrons. The number of carbonyl (C=O) groups is 1. The number of rotatable bonds is 5. The highest BCUT2D eigenvalue weighted by Gasteiger charge is 2.25. The summed E-state index contributed by atoms with van der Waals surface area (Å²) in [5.41, 5.74) is 1.60. The van der Waals surface area contributed by atoms with Crippen LogP contribution in [0.25, 0.3) is 0 Å². The van der Waals surface area contributed by atoms with Gasteiger partial charge in [-0.1, -0.05) is 72.4 Å². The van der Waals surface area contributed by atoms with Gasteiger partial charge >= 0.3 is 0 Å². The van der Waals surface area contributed by atoms with Gasteiger partial charge in [0.2, 0.25) is 4.38 Å². The van der Waals surface area contributed by atoms with Gasteiger partial charge in [-0.25, -0.2) is 0 Å². The van der Waals surface area contributed by atoms with Gasteiger partial charge in [0.05, 0.1) is 6.10 Å². The lowest BCUT2D eigenvalue weighted by Gasteiger charge is -2.18. The maximum atomic E-state index is 12.8. The number of benzene rings is 2. The van der Waals surface area contributed by atoms with Crippen molar-refractivity contribution in [2.24, 2.45) is 0 Å². The van der Waals surface area contributed by atoms with Crippen LogP contribution in [-0.4, -0.2) is 16.3 Å². The van der Waals surface area contributed by atoms with Crippen molar-refractivity contribution in [2.45, 2.75) is 25.2 Å². The molecule has 0 heterocycles. The predicted molar refractivity (Wildman–Crippen MR) is 96.4 cm³/mol. The van der Waals surface area contributed by atoms with Crippen LogP contribution >= 0.6 is 24.0 Å². The Morgan fingerprint density at radius 3 is 2.09 bits per heavy atom. The molecule has 2 aromatic rings. The van der Waals surface area contributed by atoms with Gasteiger partial charge in [0.1, 0.15) is 5.25 Å². The van der Waals surface area contributed by atoms with E-state index in [2.05, 4.69) is 0 Å². The van der Waals surface area contributed by atoms with Gasteiger partial charge in [-0.2, -0.15) is 0 Å². The summed E-state index contributed by atoms with van der Waals surface area (Å²) < 4.78 is 5.93. The van der Waals surface area contributed by atoms with Gasteiger partial charge in [0.15, 0.2) is 5.78 Å². The van der Waals surface area contributed by atoms with Crippen LogP contribution in [0, 0.1) is 0 Å². The van der Waals surface area contributed by atoms with Crippen LogP contribution in [0.4, 0.5) is 0 Å². The molecule has 0 saturated carbocycles. The number of ether oxygens (including phenoxy) is 1. The highest BCUT2D eigenvalue weighted by atomic mass is 32.2. The fraction of sp³-hybridized carbons (Fsp3) is 0.222. The molecule has 0 saturated heterocycles. The number of hydrogen-bond donors (Lipinski definition) is 0. The van der Waals surface area contributed by atoms with Crippen LogP contribution in [-0.2, 0) is 4.74 Å². The zero-order chi connectivity index (χ0) is 15.9. The van der Waals surface area contributed by atoms with Gasteiger partial charge in [0, 0.05) is 5.56 Å². The van der Waals surface area contributed by atoms with E-state index in [4.69, 9.17) is 17.0 Å². The lowest BCUT2D eigenvalue weighted by molar-refractivity contribution is 0.0989. The summed E-state index contributed by atoms with van der Waals surface area (Å²) in [7, 11) is 0. The summed E-state index contributed by atoms with van der Waals surface area (Å²) in [4.78, 5) is 12.8. The summed E-state index contributed by atoms with van der Waals surface area (Å²) in [6.07, 6.45) is 0.00301. The van der Waals surface area contributed by atoms with E-state index < -0.39 is 5.25 Å². The molecular weight excluding hydrogens is 312 g/mol. The summed E-state index contributed by atoms with van der Waals surface area (Å²) in [5.74, 6) is 0.0338. The zero-order valence-electron chi connectivity index (χ0n) is 12.6. The van der Waals surface area contributed by atoms with E-state index in [1.165, 1.54) is 11.8 Å². The van der Waals surface area contributed by atoms with Crippen molar-refractivity contribution >= 4 is 34.1 Å². The molecule has 1 atom stereocenters. The maximum absolute atomic E-state index is 12.8. The fourth-order valence-corrected chi connectivity index (χ4v) is 3.43. The predicted octanol–water partition coefficient (Wildman–Crippen LogP) is 5.05. The van der Waals surface area contributed by atoms with Crippen LogP contribution in [0.1, 0.15) is 35.0 Å². The third kappa shape index (κ3) is 4.68. The highest BCUT2D eigenvalue weighted by Crippen LogP contribution is 2.34. The quantitative estimate of drug-likeness (QED) is 0.566. The molecule has 0 aliphatic carbocycles. The van der Waals surface area contributed by atoms with E-state index in [1.54, 1.807) is 0 Å². The van der Waals surface area contributed by atoms with Gasteiger partial charge in [-0.15, -0.1) is 0 Å². The van der Waals surface area contributed by atoms with Crippen molar-refractivity contribution in [2.75, 3.05) is 0 Å². The van der Waals surface area contributed by atoms with Gasteiger partial charge < -0.3 is 4.74 Å². The fourth-order valence-electron chi connectivity index (χ4n) is 1.97. The summed E-state index contributed by atoms with van der Waals surface area (Å²) in [6.45, 7) is 3.84. The Balaban J connectivity index is 2.26. The Morgan fingerprint density at radius 2 is 1.55 bits per heavy atom. The van der Waals surface area contributed by atoms with Crippen molar-refractivity contribution in [3.63, 3.8) is 0 Å². The number of ketones is 1. The first kappa shape index (κ1) is 16.7. The molecule has 0 bridgehead atoms. The Labute approximate surface area is 140 Å². The lowest BCUT2D eigenvalue weighted by atomic mass is 10.0. The van der Waals surface area contributed by atoms with Crippen molar-refractivity contribution < 1.29 is 9.53 Å². The number of Topliss-reactive ketones (excluding diaryl/α,β-unsaturated/α-hetero) is 1. The normalized spacial score (nSPS) is 12.0. The van der Waals surface area contributed by atoms with Crippen molar-refractivity contribution in [1.82, 2.24) is 0 Å². The molecule has 0 aliphatic rings. The third-order valence-corrected chi connectivity index (χ3v) is 4.34. The maximum Gasteiger partial charge on any atom is 0.221 e. The van der Waals surface area contributed by atoms with E-state index in [9.17, 15) is 4.79 Å². The Hall–Kier alpha value is -1.65. The standard InChI is InChI=1S/C18H18O2S2/c1-13(2)20-18(21)22-17(15-11-7-4-8-12-15)16(19)14-9-5-3-6-10-14/h3-13,17H,1-2H3. The second kappa shape index (κ2) is 8.11. The van der Waals surface area contributed by atoms with Gasteiger partial charge in [-0.05, 0) is 31.6 Å². The Kier molecular flexibility index (Phi) is 6.16. The minimum Gasteiger partial charge on any atom is -0.476 e. The Bertz CT molecular complexity index is 624. The van der Waals surface area contributed by atoms with E-state index in [0.29, 0.717) is 9.95 Å². The number of carbonyl (C=O) groups excluding carboxylic acids is 1.